The predicted molar refractivity (Wildman–Crippen MR) is 65.6 cm³/mol. The van der Waals surface area contributed by atoms with Gasteiger partial charge in [0.15, 0.2) is 0 Å². The van der Waals surface area contributed by atoms with Crippen LogP contribution in [0.5, 0.6) is 0 Å². The second kappa shape index (κ2) is 3.48. The quantitative estimate of drug-likeness (QED) is 0.648. The largest absolute Gasteiger partial charge is 0.327 e. The molecular weight excluding hydrogens is 182 g/mol. The molecule has 2 aliphatic rings. The molecule has 2 N–H and O–H groups in total. The van der Waals surface area contributed by atoms with Gasteiger partial charge in [0.1, 0.15) is 0 Å². The molecule has 0 aromatic carbocycles. The smallest absolute Gasteiger partial charge is 0.0122 e. The van der Waals surface area contributed by atoms with Crippen LogP contribution in [0.15, 0.2) is 0 Å². The number of fused-ring (bicyclic) bond motifs is 1. The van der Waals surface area contributed by atoms with Crippen molar-refractivity contribution in [3.8, 4) is 0 Å². The van der Waals surface area contributed by atoms with Gasteiger partial charge in [-0.05, 0) is 48.3 Å². The molecule has 88 valence electrons. The van der Waals surface area contributed by atoms with Gasteiger partial charge in [-0.15, -0.1) is 0 Å². The van der Waals surface area contributed by atoms with E-state index in [0.29, 0.717) is 16.9 Å². The molecule has 4 atom stereocenters. The molecule has 0 aromatic rings. The zero-order valence-electron chi connectivity index (χ0n) is 10.8. The van der Waals surface area contributed by atoms with Crippen LogP contribution < -0.4 is 5.73 Å². The summed E-state index contributed by atoms with van der Waals surface area (Å²) in [6.45, 7) is 9.71. The standard InChI is InChI=1S/C14H27N/c1-10-6-7-11-13(2,3)8-5-9-14(11,4)12(10)15/h10-12H,5-9,15H2,1-4H3. The highest BCUT2D eigenvalue weighted by molar-refractivity contribution is 5.04. The van der Waals surface area contributed by atoms with Crippen LogP contribution in [0.2, 0.25) is 0 Å². The van der Waals surface area contributed by atoms with Gasteiger partial charge in [-0.2, -0.15) is 0 Å². The molecule has 2 rings (SSSR count). The van der Waals surface area contributed by atoms with Crippen molar-refractivity contribution in [2.24, 2.45) is 28.4 Å². The fraction of sp³-hybridized carbons (Fsp3) is 1.00. The highest BCUT2D eigenvalue weighted by Gasteiger charge is 2.52. The summed E-state index contributed by atoms with van der Waals surface area (Å²) in [5.41, 5.74) is 7.42. The molecule has 0 saturated heterocycles. The van der Waals surface area contributed by atoms with Crippen molar-refractivity contribution in [2.75, 3.05) is 0 Å². The SMILES string of the molecule is CC1CCC2C(C)(C)CCCC2(C)C1N. The molecule has 0 radical (unpaired) electrons. The molecule has 0 heterocycles. The van der Waals surface area contributed by atoms with E-state index in [2.05, 4.69) is 27.7 Å². The van der Waals surface area contributed by atoms with Gasteiger partial charge in [-0.3, -0.25) is 0 Å². The lowest BCUT2D eigenvalue weighted by Crippen LogP contribution is -2.57. The first-order valence-electron chi connectivity index (χ1n) is 6.63. The van der Waals surface area contributed by atoms with E-state index in [1.54, 1.807) is 0 Å². The molecule has 0 aromatic heterocycles. The Hall–Kier alpha value is -0.0400. The second-order valence-corrected chi connectivity index (χ2v) is 6.98. The second-order valence-electron chi connectivity index (χ2n) is 6.98. The Labute approximate surface area is 94.8 Å². The topological polar surface area (TPSA) is 26.0 Å². The maximum absolute atomic E-state index is 6.49. The fourth-order valence-corrected chi connectivity index (χ4v) is 4.54. The van der Waals surface area contributed by atoms with E-state index >= 15 is 0 Å². The third-order valence-corrected chi connectivity index (χ3v) is 5.56. The van der Waals surface area contributed by atoms with Gasteiger partial charge in [0.2, 0.25) is 0 Å². The first-order chi connectivity index (χ1) is 6.88. The Morgan fingerprint density at radius 1 is 1.07 bits per heavy atom. The molecule has 15 heavy (non-hydrogen) atoms. The third kappa shape index (κ3) is 1.63. The van der Waals surface area contributed by atoms with Gasteiger partial charge in [-0.1, -0.05) is 34.1 Å². The summed E-state index contributed by atoms with van der Waals surface area (Å²) in [5.74, 6) is 1.57. The van der Waals surface area contributed by atoms with E-state index in [-0.39, 0.29) is 0 Å². The molecule has 0 aliphatic heterocycles. The van der Waals surface area contributed by atoms with Gasteiger partial charge < -0.3 is 5.73 Å². The Balaban J connectivity index is 2.29. The van der Waals surface area contributed by atoms with Crippen molar-refractivity contribution in [3.05, 3.63) is 0 Å². The normalized spacial score (nSPS) is 49.8. The molecule has 2 fully saturated rings. The minimum absolute atomic E-state index is 0.416. The van der Waals surface area contributed by atoms with E-state index < -0.39 is 0 Å². The highest BCUT2D eigenvalue weighted by atomic mass is 14.8. The Bertz CT molecular complexity index is 246. The number of hydrogen-bond acceptors (Lipinski definition) is 1. The summed E-state index contributed by atoms with van der Waals surface area (Å²) in [6, 6.07) is 0.427. The Morgan fingerprint density at radius 2 is 1.73 bits per heavy atom. The van der Waals surface area contributed by atoms with Gasteiger partial charge in [0.05, 0.1) is 0 Å². The van der Waals surface area contributed by atoms with Gasteiger partial charge in [0.25, 0.3) is 0 Å². The third-order valence-electron chi connectivity index (χ3n) is 5.56. The Kier molecular flexibility index (Phi) is 2.65. The van der Waals surface area contributed by atoms with Crippen LogP contribution in [0.4, 0.5) is 0 Å². The van der Waals surface area contributed by atoms with Crippen molar-refractivity contribution >= 4 is 0 Å². The molecule has 1 nitrogen and oxygen atoms in total. The van der Waals surface area contributed by atoms with Crippen LogP contribution in [-0.2, 0) is 0 Å². The summed E-state index contributed by atoms with van der Waals surface area (Å²) in [5, 5.41) is 0. The van der Waals surface area contributed by atoms with Crippen LogP contribution in [-0.4, -0.2) is 6.04 Å². The summed E-state index contributed by atoms with van der Waals surface area (Å²) in [4.78, 5) is 0. The zero-order chi connectivity index (χ0) is 11.3. The molecule has 4 unspecified atom stereocenters. The van der Waals surface area contributed by atoms with Crippen LogP contribution in [0.25, 0.3) is 0 Å². The molecule has 1 heteroatoms. The van der Waals surface area contributed by atoms with E-state index in [1.807, 2.05) is 0 Å². The zero-order valence-corrected chi connectivity index (χ0v) is 10.8. The minimum atomic E-state index is 0.416. The van der Waals surface area contributed by atoms with E-state index in [1.165, 1.54) is 32.1 Å². The van der Waals surface area contributed by atoms with Crippen LogP contribution in [0, 0.1) is 22.7 Å². The van der Waals surface area contributed by atoms with Crippen molar-refractivity contribution in [1.29, 1.82) is 0 Å². The predicted octanol–water partition coefficient (Wildman–Crippen LogP) is 3.58. The lowest BCUT2D eigenvalue weighted by atomic mass is 9.49. The van der Waals surface area contributed by atoms with E-state index in [4.69, 9.17) is 5.73 Å². The first-order valence-corrected chi connectivity index (χ1v) is 6.63. The van der Waals surface area contributed by atoms with E-state index in [9.17, 15) is 0 Å². The van der Waals surface area contributed by atoms with Crippen LogP contribution >= 0.6 is 0 Å². The van der Waals surface area contributed by atoms with Crippen molar-refractivity contribution in [1.82, 2.24) is 0 Å². The van der Waals surface area contributed by atoms with E-state index in [0.717, 1.165) is 11.8 Å². The average Bonchev–Trinajstić information content (AvgIpc) is 2.12. The number of rotatable bonds is 0. The van der Waals surface area contributed by atoms with Gasteiger partial charge in [0, 0.05) is 6.04 Å². The lowest BCUT2D eigenvalue weighted by Gasteiger charge is -2.58. The summed E-state index contributed by atoms with van der Waals surface area (Å²) >= 11 is 0. The minimum Gasteiger partial charge on any atom is -0.327 e. The number of nitrogens with two attached hydrogens (primary N) is 1. The summed E-state index contributed by atoms with van der Waals surface area (Å²) in [6.07, 6.45) is 6.87. The lowest BCUT2D eigenvalue weighted by molar-refractivity contribution is -0.0622. The first kappa shape index (κ1) is 11.4. The van der Waals surface area contributed by atoms with Crippen molar-refractivity contribution < 1.29 is 0 Å². The van der Waals surface area contributed by atoms with Crippen LogP contribution in [0.1, 0.15) is 59.8 Å². The average molecular weight is 209 g/mol. The molecule has 0 spiro atoms. The van der Waals surface area contributed by atoms with Crippen LogP contribution in [0.3, 0.4) is 0 Å². The summed E-state index contributed by atoms with van der Waals surface area (Å²) < 4.78 is 0. The van der Waals surface area contributed by atoms with Crippen molar-refractivity contribution in [2.45, 2.75) is 65.8 Å². The monoisotopic (exact) mass is 209 g/mol. The molecule has 0 bridgehead atoms. The van der Waals surface area contributed by atoms with Gasteiger partial charge in [-0.25, -0.2) is 0 Å². The highest BCUT2D eigenvalue weighted by Crippen LogP contribution is 2.58. The molecule has 2 aliphatic carbocycles. The molecular formula is C14H27N. The number of hydrogen-bond donors (Lipinski definition) is 1. The Morgan fingerprint density at radius 3 is 2.40 bits per heavy atom. The van der Waals surface area contributed by atoms with Crippen molar-refractivity contribution in [3.63, 3.8) is 0 Å². The maximum Gasteiger partial charge on any atom is 0.0122 e. The maximum atomic E-state index is 6.49. The summed E-state index contributed by atoms with van der Waals surface area (Å²) in [7, 11) is 0. The van der Waals surface area contributed by atoms with Gasteiger partial charge >= 0.3 is 0 Å². The fourth-order valence-electron chi connectivity index (χ4n) is 4.54. The molecule has 0 amide bonds. The molecule has 2 saturated carbocycles.